The highest BCUT2D eigenvalue weighted by Gasteiger charge is 2.13. The smallest absolute Gasteiger partial charge is 0.0165 e. The molecule has 1 saturated carbocycles. The molecule has 14 heavy (non-hydrogen) atoms. The fourth-order valence-corrected chi connectivity index (χ4v) is 2.19. The highest BCUT2D eigenvalue weighted by Crippen LogP contribution is 2.17. The molecule has 0 aromatic carbocycles. The zero-order valence-electron chi connectivity index (χ0n) is 9.60. The Labute approximate surface area is 88.6 Å². The molecule has 2 nitrogen and oxygen atoms in total. The molecule has 1 unspecified atom stereocenters. The third kappa shape index (κ3) is 4.97. The number of hydrogen-bond donors (Lipinski definition) is 2. The van der Waals surface area contributed by atoms with Crippen molar-refractivity contribution in [2.24, 2.45) is 5.73 Å². The summed E-state index contributed by atoms with van der Waals surface area (Å²) in [5.41, 5.74) is 6.01. The van der Waals surface area contributed by atoms with Crippen LogP contribution in [0.1, 0.15) is 58.3 Å². The van der Waals surface area contributed by atoms with Crippen LogP contribution < -0.4 is 11.1 Å². The molecule has 1 rings (SSSR count). The number of rotatable bonds is 6. The summed E-state index contributed by atoms with van der Waals surface area (Å²) < 4.78 is 0. The second kappa shape index (κ2) is 7.24. The first-order chi connectivity index (χ1) is 6.83. The van der Waals surface area contributed by atoms with Gasteiger partial charge in [-0.2, -0.15) is 0 Å². The molecular formula is C12H26N2. The average molecular weight is 198 g/mol. The summed E-state index contributed by atoms with van der Waals surface area (Å²) in [6, 6.07) is 1.13. The van der Waals surface area contributed by atoms with E-state index >= 15 is 0 Å². The van der Waals surface area contributed by atoms with Gasteiger partial charge in [-0.25, -0.2) is 0 Å². The molecule has 1 atom stereocenters. The van der Waals surface area contributed by atoms with Crippen LogP contribution in [0, 0.1) is 0 Å². The zero-order chi connectivity index (χ0) is 10.2. The summed E-state index contributed by atoms with van der Waals surface area (Å²) in [4.78, 5) is 0. The maximum atomic E-state index is 6.01. The Bertz CT molecular complexity index is 130. The van der Waals surface area contributed by atoms with Gasteiger partial charge in [0.05, 0.1) is 0 Å². The average Bonchev–Trinajstić information content (AvgIpc) is 2.25. The predicted molar refractivity (Wildman–Crippen MR) is 62.4 cm³/mol. The highest BCUT2D eigenvalue weighted by molar-refractivity contribution is 4.74. The normalized spacial score (nSPS) is 21.0. The molecule has 3 N–H and O–H groups in total. The molecule has 1 aliphatic carbocycles. The number of hydrogen-bond acceptors (Lipinski definition) is 2. The van der Waals surface area contributed by atoms with Gasteiger partial charge in [0.15, 0.2) is 0 Å². The van der Waals surface area contributed by atoms with Crippen molar-refractivity contribution < 1.29 is 0 Å². The maximum Gasteiger partial charge on any atom is 0.0165 e. The lowest BCUT2D eigenvalue weighted by Gasteiger charge is -2.24. The Morgan fingerprint density at radius 3 is 2.64 bits per heavy atom. The van der Waals surface area contributed by atoms with E-state index in [9.17, 15) is 0 Å². The van der Waals surface area contributed by atoms with Crippen molar-refractivity contribution >= 4 is 0 Å². The minimum absolute atomic E-state index is 0.372. The minimum atomic E-state index is 0.372. The lowest BCUT2D eigenvalue weighted by atomic mass is 9.95. The summed E-state index contributed by atoms with van der Waals surface area (Å²) in [6.45, 7) is 3.24. The lowest BCUT2D eigenvalue weighted by molar-refractivity contribution is 0.360. The summed E-state index contributed by atoms with van der Waals surface area (Å²) in [7, 11) is 0. The van der Waals surface area contributed by atoms with Gasteiger partial charge < -0.3 is 11.1 Å². The van der Waals surface area contributed by atoms with Crippen molar-refractivity contribution in [3.8, 4) is 0 Å². The van der Waals surface area contributed by atoms with Crippen LogP contribution in [0.2, 0.25) is 0 Å². The van der Waals surface area contributed by atoms with Crippen LogP contribution in [0.5, 0.6) is 0 Å². The largest absolute Gasteiger partial charge is 0.327 e. The van der Waals surface area contributed by atoms with E-state index in [1.54, 1.807) is 0 Å². The molecule has 0 aromatic heterocycles. The summed E-state index contributed by atoms with van der Waals surface area (Å²) in [5.74, 6) is 0. The van der Waals surface area contributed by atoms with Gasteiger partial charge >= 0.3 is 0 Å². The van der Waals surface area contributed by atoms with Crippen LogP contribution in [0.15, 0.2) is 0 Å². The van der Waals surface area contributed by atoms with Gasteiger partial charge in [-0.1, -0.05) is 39.0 Å². The summed E-state index contributed by atoms with van der Waals surface area (Å²) in [5, 5.41) is 3.61. The van der Waals surface area contributed by atoms with Crippen LogP contribution in [-0.2, 0) is 0 Å². The molecule has 0 aromatic rings. The van der Waals surface area contributed by atoms with Crippen molar-refractivity contribution in [3.63, 3.8) is 0 Å². The summed E-state index contributed by atoms with van der Waals surface area (Å²) in [6.07, 6.45) is 10.7. The molecule has 1 fully saturated rings. The quantitative estimate of drug-likeness (QED) is 0.688. The zero-order valence-corrected chi connectivity index (χ0v) is 9.60. The summed E-state index contributed by atoms with van der Waals surface area (Å²) >= 11 is 0. The molecule has 1 aliphatic rings. The third-order valence-electron chi connectivity index (χ3n) is 3.20. The Balaban J connectivity index is 2.00. The number of unbranched alkanes of at least 4 members (excludes halogenated alkanes) is 1. The Hall–Kier alpha value is -0.0800. The second-order valence-electron chi connectivity index (χ2n) is 4.65. The first-order valence-corrected chi connectivity index (χ1v) is 6.32. The molecule has 0 amide bonds. The van der Waals surface area contributed by atoms with Crippen molar-refractivity contribution in [2.45, 2.75) is 70.4 Å². The highest BCUT2D eigenvalue weighted by atomic mass is 14.9. The minimum Gasteiger partial charge on any atom is -0.327 e. The monoisotopic (exact) mass is 198 g/mol. The van der Waals surface area contributed by atoms with Crippen LogP contribution in [0.3, 0.4) is 0 Å². The number of nitrogens with one attached hydrogen (secondary N) is 1. The van der Waals surface area contributed by atoms with E-state index in [0.717, 1.165) is 12.6 Å². The molecule has 0 radical (unpaired) electrons. The Morgan fingerprint density at radius 1 is 1.29 bits per heavy atom. The Morgan fingerprint density at radius 2 is 2.00 bits per heavy atom. The topological polar surface area (TPSA) is 38.0 Å². The second-order valence-corrected chi connectivity index (χ2v) is 4.65. The fraction of sp³-hybridized carbons (Fsp3) is 1.00. The van der Waals surface area contributed by atoms with Gasteiger partial charge in [-0.15, -0.1) is 0 Å². The van der Waals surface area contributed by atoms with Crippen molar-refractivity contribution in [3.05, 3.63) is 0 Å². The Kier molecular flexibility index (Phi) is 6.20. The van der Waals surface area contributed by atoms with Crippen LogP contribution in [-0.4, -0.2) is 18.6 Å². The van der Waals surface area contributed by atoms with Crippen LogP contribution in [0.4, 0.5) is 0 Å². The third-order valence-corrected chi connectivity index (χ3v) is 3.20. The molecule has 84 valence electrons. The lowest BCUT2D eigenvalue weighted by Crippen LogP contribution is -2.40. The van der Waals surface area contributed by atoms with Gasteiger partial charge in [0.2, 0.25) is 0 Å². The molecular weight excluding hydrogens is 172 g/mol. The van der Waals surface area contributed by atoms with E-state index in [-0.39, 0.29) is 0 Å². The van der Waals surface area contributed by atoms with E-state index < -0.39 is 0 Å². The van der Waals surface area contributed by atoms with E-state index in [1.807, 2.05) is 0 Å². The van der Waals surface area contributed by atoms with Crippen LogP contribution >= 0.6 is 0 Å². The van der Waals surface area contributed by atoms with E-state index in [1.165, 1.54) is 51.4 Å². The van der Waals surface area contributed by atoms with Crippen molar-refractivity contribution in [1.29, 1.82) is 0 Å². The van der Waals surface area contributed by atoms with Crippen LogP contribution in [0.25, 0.3) is 0 Å². The van der Waals surface area contributed by atoms with Crippen molar-refractivity contribution in [2.75, 3.05) is 6.54 Å². The van der Waals surface area contributed by atoms with Gasteiger partial charge in [-0.05, 0) is 19.3 Å². The predicted octanol–water partition coefficient (Wildman–Crippen LogP) is 2.43. The molecule has 0 heterocycles. The molecule has 0 aliphatic heterocycles. The fourth-order valence-electron chi connectivity index (χ4n) is 2.19. The van der Waals surface area contributed by atoms with Gasteiger partial charge in [0, 0.05) is 18.6 Å². The van der Waals surface area contributed by atoms with Gasteiger partial charge in [-0.3, -0.25) is 0 Å². The van der Waals surface area contributed by atoms with Gasteiger partial charge in [0.1, 0.15) is 0 Å². The molecule has 0 saturated heterocycles. The molecule has 2 heteroatoms. The van der Waals surface area contributed by atoms with E-state index in [2.05, 4.69) is 12.2 Å². The van der Waals surface area contributed by atoms with E-state index in [0.29, 0.717) is 6.04 Å². The standard InChI is InChI=1S/C12H26N2/c1-2-3-7-11(13)10-14-12-8-5-4-6-9-12/h11-12,14H,2-10,13H2,1H3. The number of nitrogens with two attached hydrogens (primary N) is 1. The van der Waals surface area contributed by atoms with Gasteiger partial charge in [0.25, 0.3) is 0 Å². The molecule has 0 bridgehead atoms. The van der Waals surface area contributed by atoms with E-state index in [4.69, 9.17) is 5.73 Å². The SMILES string of the molecule is CCCCC(N)CNC1CCCCC1. The van der Waals surface area contributed by atoms with Crippen molar-refractivity contribution in [1.82, 2.24) is 5.32 Å². The first kappa shape index (κ1) is 12.0. The first-order valence-electron chi connectivity index (χ1n) is 6.32. The molecule has 0 spiro atoms. The maximum absolute atomic E-state index is 6.01.